The van der Waals surface area contributed by atoms with Gasteiger partial charge in [-0.3, -0.25) is 9.59 Å². The molecule has 7 nitrogen and oxygen atoms in total. The zero-order valence-corrected chi connectivity index (χ0v) is 21.8. The molecule has 0 atom stereocenters. The molecule has 0 radical (unpaired) electrons. The number of anilines is 1. The van der Waals surface area contributed by atoms with Gasteiger partial charge in [-0.1, -0.05) is 51.1 Å². The van der Waals surface area contributed by atoms with Gasteiger partial charge in [0.25, 0.3) is 0 Å². The summed E-state index contributed by atoms with van der Waals surface area (Å²) in [6, 6.07) is 17.2. The second kappa shape index (κ2) is 10.8. The first-order chi connectivity index (χ1) is 16.5. The van der Waals surface area contributed by atoms with Gasteiger partial charge in [0.15, 0.2) is 0 Å². The number of benzene rings is 2. The molecule has 0 unspecified atom stereocenters. The summed E-state index contributed by atoms with van der Waals surface area (Å²) >= 11 is 0. The Morgan fingerprint density at radius 1 is 1.06 bits per heavy atom. The third-order valence-electron chi connectivity index (χ3n) is 5.64. The van der Waals surface area contributed by atoms with Crippen LogP contribution < -0.4 is 10.1 Å². The monoisotopic (exact) mass is 476 g/mol. The minimum absolute atomic E-state index is 0.0341. The van der Waals surface area contributed by atoms with Gasteiger partial charge in [-0.05, 0) is 56.0 Å². The van der Waals surface area contributed by atoms with E-state index in [9.17, 15) is 9.59 Å². The number of aryl methyl sites for hydroxylation is 1. The van der Waals surface area contributed by atoms with Gasteiger partial charge in [-0.2, -0.15) is 5.10 Å². The van der Waals surface area contributed by atoms with Crippen LogP contribution >= 0.6 is 0 Å². The standard InChI is InChI=1S/C28H36N4O3/c1-19(2)31(25(34)17-28(4,5)6)18-24(33)29-27-26(21-11-9-8-10-12-21)20(3)30-32(27)22-13-15-23(35-7)16-14-22/h8-16,19H,17-18H2,1-7H3,(H,29,33). The van der Waals surface area contributed by atoms with Crippen LogP contribution in [-0.4, -0.2) is 46.2 Å². The summed E-state index contributed by atoms with van der Waals surface area (Å²) in [5, 5.41) is 7.81. The van der Waals surface area contributed by atoms with Gasteiger partial charge in [-0.25, -0.2) is 4.68 Å². The fourth-order valence-corrected chi connectivity index (χ4v) is 3.94. The number of methoxy groups -OCH3 is 1. The fourth-order valence-electron chi connectivity index (χ4n) is 3.94. The number of rotatable bonds is 8. The van der Waals surface area contributed by atoms with E-state index in [1.165, 1.54) is 0 Å². The molecular formula is C28H36N4O3. The van der Waals surface area contributed by atoms with E-state index in [0.29, 0.717) is 12.2 Å². The maximum absolute atomic E-state index is 13.3. The highest BCUT2D eigenvalue weighted by molar-refractivity contribution is 5.98. The summed E-state index contributed by atoms with van der Waals surface area (Å²) in [5.74, 6) is 0.992. The summed E-state index contributed by atoms with van der Waals surface area (Å²) < 4.78 is 7.01. The van der Waals surface area contributed by atoms with Gasteiger partial charge in [0, 0.05) is 18.0 Å². The van der Waals surface area contributed by atoms with Gasteiger partial charge < -0.3 is 15.0 Å². The second-order valence-corrected chi connectivity index (χ2v) is 10.2. The highest BCUT2D eigenvalue weighted by Gasteiger charge is 2.26. The van der Waals surface area contributed by atoms with Crippen LogP contribution in [0.4, 0.5) is 5.82 Å². The van der Waals surface area contributed by atoms with Crippen molar-refractivity contribution in [2.45, 2.75) is 54.0 Å². The Kier molecular flexibility index (Phi) is 7.99. The first-order valence-electron chi connectivity index (χ1n) is 11.9. The van der Waals surface area contributed by atoms with Gasteiger partial charge in [0.05, 0.1) is 18.5 Å². The fraction of sp³-hybridized carbons (Fsp3) is 0.393. The lowest BCUT2D eigenvalue weighted by atomic mass is 9.91. The molecule has 186 valence electrons. The van der Waals surface area contributed by atoms with Crippen LogP contribution in [0.1, 0.15) is 46.7 Å². The molecule has 1 N–H and O–H groups in total. The lowest BCUT2D eigenvalue weighted by molar-refractivity contribution is -0.138. The molecular weight excluding hydrogens is 440 g/mol. The van der Waals surface area contributed by atoms with Crippen molar-refractivity contribution in [1.82, 2.24) is 14.7 Å². The molecule has 3 rings (SSSR count). The molecule has 1 aromatic heterocycles. The largest absolute Gasteiger partial charge is 0.497 e. The molecule has 0 fully saturated rings. The zero-order valence-electron chi connectivity index (χ0n) is 21.8. The third-order valence-corrected chi connectivity index (χ3v) is 5.64. The van der Waals surface area contributed by atoms with Crippen molar-refractivity contribution in [3.8, 4) is 22.6 Å². The van der Waals surface area contributed by atoms with Crippen LogP contribution in [0.25, 0.3) is 16.8 Å². The number of amides is 2. The van der Waals surface area contributed by atoms with Crippen LogP contribution in [0.15, 0.2) is 54.6 Å². The number of carbonyl (C=O) groups excluding carboxylic acids is 2. The Labute approximate surface area is 208 Å². The Bertz CT molecular complexity index is 1160. The minimum atomic E-state index is -0.271. The van der Waals surface area contributed by atoms with Crippen molar-refractivity contribution in [3.05, 3.63) is 60.3 Å². The number of aromatic nitrogens is 2. The SMILES string of the molecule is COc1ccc(-n2nc(C)c(-c3ccccc3)c2NC(=O)CN(C(=O)CC(C)(C)C)C(C)C)cc1. The molecule has 2 amide bonds. The molecule has 2 aromatic carbocycles. The quantitative estimate of drug-likeness (QED) is 0.468. The predicted octanol–water partition coefficient (Wildman–Crippen LogP) is 5.47. The second-order valence-electron chi connectivity index (χ2n) is 10.2. The van der Waals surface area contributed by atoms with E-state index in [-0.39, 0.29) is 29.8 Å². The molecule has 3 aromatic rings. The first-order valence-corrected chi connectivity index (χ1v) is 11.9. The summed E-state index contributed by atoms with van der Waals surface area (Å²) in [4.78, 5) is 27.9. The summed E-state index contributed by atoms with van der Waals surface area (Å²) in [6.07, 6.45) is 0.372. The summed E-state index contributed by atoms with van der Waals surface area (Å²) in [6.45, 7) is 11.8. The van der Waals surface area contributed by atoms with Gasteiger partial charge in [0.2, 0.25) is 11.8 Å². The smallest absolute Gasteiger partial charge is 0.245 e. The van der Waals surface area contributed by atoms with Crippen molar-refractivity contribution in [2.75, 3.05) is 19.0 Å². The van der Waals surface area contributed by atoms with E-state index in [4.69, 9.17) is 9.84 Å². The summed E-state index contributed by atoms with van der Waals surface area (Å²) in [5.41, 5.74) is 3.20. The molecule has 0 spiro atoms. The lowest BCUT2D eigenvalue weighted by Gasteiger charge is -2.29. The Balaban J connectivity index is 1.98. The van der Waals surface area contributed by atoms with Crippen molar-refractivity contribution in [2.24, 2.45) is 5.41 Å². The van der Waals surface area contributed by atoms with E-state index in [2.05, 4.69) is 5.32 Å². The van der Waals surface area contributed by atoms with Crippen molar-refractivity contribution < 1.29 is 14.3 Å². The van der Waals surface area contributed by atoms with Gasteiger partial charge >= 0.3 is 0 Å². The lowest BCUT2D eigenvalue weighted by Crippen LogP contribution is -2.43. The minimum Gasteiger partial charge on any atom is -0.497 e. The number of ether oxygens (including phenoxy) is 1. The highest BCUT2D eigenvalue weighted by Crippen LogP contribution is 2.34. The van der Waals surface area contributed by atoms with E-state index < -0.39 is 0 Å². The predicted molar refractivity (Wildman–Crippen MR) is 140 cm³/mol. The number of carbonyl (C=O) groups is 2. The number of nitrogens with zero attached hydrogens (tertiary/aromatic N) is 3. The van der Waals surface area contributed by atoms with E-state index in [1.807, 2.05) is 96.1 Å². The number of nitrogens with one attached hydrogen (secondary N) is 1. The van der Waals surface area contributed by atoms with Crippen LogP contribution in [0.3, 0.4) is 0 Å². The van der Waals surface area contributed by atoms with E-state index in [1.54, 1.807) is 16.7 Å². The van der Waals surface area contributed by atoms with Gasteiger partial charge in [0.1, 0.15) is 18.1 Å². The maximum Gasteiger partial charge on any atom is 0.245 e. The molecule has 7 heteroatoms. The maximum atomic E-state index is 13.3. The van der Waals surface area contributed by atoms with Crippen LogP contribution in [0.5, 0.6) is 5.75 Å². The normalized spacial score (nSPS) is 11.4. The van der Waals surface area contributed by atoms with Crippen molar-refractivity contribution >= 4 is 17.6 Å². The molecule has 0 aliphatic rings. The summed E-state index contributed by atoms with van der Waals surface area (Å²) in [7, 11) is 1.62. The first kappa shape index (κ1) is 26.0. The zero-order chi connectivity index (χ0) is 25.8. The average Bonchev–Trinajstić information content (AvgIpc) is 3.12. The number of hydrogen-bond donors (Lipinski definition) is 1. The molecule has 1 heterocycles. The topological polar surface area (TPSA) is 76.5 Å². The van der Waals surface area contributed by atoms with E-state index in [0.717, 1.165) is 28.3 Å². The van der Waals surface area contributed by atoms with Crippen LogP contribution in [-0.2, 0) is 9.59 Å². The van der Waals surface area contributed by atoms with Crippen LogP contribution in [0, 0.1) is 12.3 Å². The van der Waals surface area contributed by atoms with Crippen LogP contribution in [0.2, 0.25) is 0 Å². The molecule has 0 saturated carbocycles. The molecule has 0 bridgehead atoms. The molecule has 0 aliphatic heterocycles. The Morgan fingerprint density at radius 2 is 1.69 bits per heavy atom. The average molecular weight is 477 g/mol. The molecule has 0 aliphatic carbocycles. The van der Waals surface area contributed by atoms with Crippen molar-refractivity contribution in [3.63, 3.8) is 0 Å². The Hall–Kier alpha value is -3.61. The highest BCUT2D eigenvalue weighted by atomic mass is 16.5. The van der Waals surface area contributed by atoms with E-state index >= 15 is 0 Å². The molecule has 35 heavy (non-hydrogen) atoms. The number of hydrogen-bond acceptors (Lipinski definition) is 4. The molecule has 0 saturated heterocycles. The van der Waals surface area contributed by atoms with Crippen molar-refractivity contribution in [1.29, 1.82) is 0 Å². The third kappa shape index (κ3) is 6.50. The Morgan fingerprint density at radius 3 is 2.23 bits per heavy atom. The van der Waals surface area contributed by atoms with Gasteiger partial charge in [-0.15, -0.1) is 0 Å².